The first kappa shape index (κ1) is 15.4. The van der Waals surface area contributed by atoms with Gasteiger partial charge in [0, 0.05) is 11.9 Å². The van der Waals surface area contributed by atoms with Gasteiger partial charge in [0.2, 0.25) is 0 Å². The largest absolute Gasteiger partial charge is 0.467 e. The molecule has 6 nitrogen and oxygen atoms in total. The van der Waals surface area contributed by atoms with E-state index < -0.39 is 6.10 Å². The van der Waals surface area contributed by atoms with E-state index >= 15 is 0 Å². The number of benzene rings is 1. The van der Waals surface area contributed by atoms with Crippen molar-refractivity contribution in [1.29, 1.82) is 0 Å². The maximum atomic E-state index is 12.6. The van der Waals surface area contributed by atoms with Gasteiger partial charge in [-0.3, -0.25) is 4.79 Å². The van der Waals surface area contributed by atoms with Crippen LogP contribution in [0.3, 0.4) is 0 Å². The molecule has 23 heavy (non-hydrogen) atoms. The zero-order chi connectivity index (χ0) is 16.1. The molecule has 1 amide bonds. The van der Waals surface area contributed by atoms with Crippen molar-refractivity contribution in [2.75, 3.05) is 6.54 Å². The Morgan fingerprint density at radius 3 is 2.74 bits per heavy atom. The minimum Gasteiger partial charge on any atom is -0.467 e. The quantitative estimate of drug-likeness (QED) is 0.751. The van der Waals surface area contributed by atoms with Crippen LogP contribution in [0.4, 0.5) is 0 Å². The molecule has 0 aliphatic carbocycles. The molecule has 0 aliphatic heterocycles. The van der Waals surface area contributed by atoms with Gasteiger partial charge in [-0.1, -0.05) is 34.8 Å². The zero-order valence-electron chi connectivity index (χ0n) is 12.2. The van der Waals surface area contributed by atoms with E-state index in [-0.39, 0.29) is 18.1 Å². The van der Waals surface area contributed by atoms with E-state index in [4.69, 9.17) is 4.42 Å². The Labute approximate surface area is 137 Å². The normalized spacial score (nSPS) is 12.0. The Kier molecular flexibility index (Phi) is 4.80. The molecular formula is C16H15N3O3S. The highest BCUT2D eigenvalue weighted by molar-refractivity contribution is 7.03. The van der Waals surface area contributed by atoms with Crippen molar-refractivity contribution in [2.45, 2.75) is 12.6 Å². The number of nitrogens with zero attached hydrogens (tertiary/aromatic N) is 3. The van der Waals surface area contributed by atoms with Crippen LogP contribution >= 0.6 is 11.5 Å². The zero-order valence-corrected chi connectivity index (χ0v) is 13.0. The number of rotatable bonds is 6. The molecule has 3 aromatic rings. The van der Waals surface area contributed by atoms with E-state index in [1.165, 1.54) is 6.26 Å². The summed E-state index contributed by atoms with van der Waals surface area (Å²) in [4.78, 5) is 14.1. The predicted molar refractivity (Wildman–Crippen MR) is 84.8 cm³/mol. The Morgan fingerprint density at radius 2 is 2.09 bits per heavy atom. The molecule has 1 unspecified atom stereocenters. The van der Waals surface area contributed by atoms with Gasteiger partial charge >= 0.3 is 0 Å². The molecule has 1 N–H and O–H groups in total. The number of hydrogen-bond acceptors (Lipinski definition) is 6. The Balaban J connectivity index is 1.79. The van der Waals surface area contributed by atoms with Crippen LogP contribution < -0.4 is 0 Å². The first-order chi connectivity index (χ1) is 11.2. The van der Waals surface area contributed by atoms with E-state index in [2.05, 4.69) is 9.59 Å². The van der Waals surface area contributed by atoms with Gasteiger partial charge in [-0.15, -0.1) is 5.10 Å². The number of furan rings is 1. The monoisotopic (exact) mass is 329 g/mol. The van der Waals surface area contributed by atoms with E-state index in [9.17, 15) is 9.90 Å². The predicted octanol–water partition coefficient (Wildman–Crippen LogP) is 2.51. The van der Waals surface area contributed by atoms with Crippen LogP contribution in [0.2, 0.25) is 0 Å². The summed E-state index contributed by atoms with van der Waals surface area (Å²) in [6.07, 6.45) is 0.593. The Morgan fingerprint density at radius 1 is 1.26 bits per heavy atom. The van der Waals surface area contributed by atoms with Crippen LogP contribution in [-0.4, -0.2) is 32.0 Å². The van der Waals surface area contributed by atoms with Crippen molar-refractivity contribution in [2.24, 2.45) is 0 Å². The Bertz CT molecular complexity index is 729. The molecule has 1 atom stereocenters. The molecule has 2 heterocycles. The molecule has 0 spiro atoms. The van der Waals surface area contributed by atoms with Crippen molar-refractivity contribution in [3.63, 3.8) is 0 Å². The lowest BCUT2D eigenvalue weighted by atomic mass is 10.2. The number of aromatic nitrogens is 2. The molecule has 2 aromatic heterocycles. The van der Waals surface area contributed by atoms with E-state index in [1.807, 2.05) is 30.3 Å². The summed E-state index contributed by atoms with van der Waals surface area (Å²) in [5, 5.41) is 15.7. The van der Waals surface area contributed by atoms with Gasteiger partial charge in [0.25, 0.3) is 5.91 Å². The summed E-state index contributed by atoms with van der Waals surface area (Å²) in [7, 11) is 0. The van der Waals surface area contributed by atoms with Gasteiger partial charge in [-0.2, -0.15) is 0 Å². The molecule has 0 saturated carbocycles. The third-order valence-corrected chi connectivity index (χ3v) is 3.85. The highest BCUT2D eigenvalue weighted by atomic mass is 32.1. The number of amides is 1. The second-order valence-electron chi connectivity index (χ2n) is 4.99. The molecule has 0 bridgehead atoms. The summed E-state index contributed by atoms with van der Waals surface area (Å²) in [5.41, 5.74) is 1.24. The summed E-state index contributed by atoms with van der Waals surface area (Å²) in [5.74, 6) is 0.153. The standard InChI is InChI=1S/C16H15N3O3S/c20-14(15-7-4-8-22-15)10-19(9-12-5-2-1-3-6-12)16(21)13-11-23-18-17-13/h1-8,11,14,20H,9-10H2. The van der Waals surface area contributed by atoms with Crippen LogP contribution in [0.5, 0.6) is 0 Å². The second-order valence-corrected chi connectivity index (χ2v) is 5.60. The number of hydrogen-bond donors (Lipinski definition) is 1. The lowest BCUT2D eigenvalue weighted by Crippen LogP contribution is -2.34. The van der Waals surface area contributed by atoms with Gasteiger partial charge in [0.05, 0.1) is 12.8 Å². The van der Waals surface area contributed by atoms with Crippen LogP contribution in [0.25, 0.3) is 0 Å². The summed E-state index contributed by atoms with van der Waals surface area (Å²) in [6, 6.07) is 13.0. The maximum absolute atomic E-state index is 12.6. The van der Waals surface area contributed by atoms with Gasteiger partial charge in [0.15, 0.2) is 5.69 Å². The van der Waals surface area contributed by atoms with Crippen molar-refractivity contribution >= 4 is 17.4 Å². The van der Waals surface area contributed by atoms with Crippen molar-refractivity contribution in [1.82, 2.24) is 14.5 Å². The molecular weight excluding hydrogens is 314 g/mol. The van der Waals surface area contributed by atoms with E-state index in [0.29, 0.717) is 12.3 Å². The topological polar surface area (TPSA) is 79.5 Å². The lowest BCUT2D eigenvalue weighted by molar-refractivity contribution is 0.0558. The van der Waals surface area contributed by atoms with E-state index in [1.54, 1.807) is 22.4 Å². The van der Waals surface area contributed by atoms with Crippen molar-refractivity contribution in [3.05, 3.63) is 71.1 Å². The molecule has 0 radical (unpaired) electrons. The van der Waals surface area contributed by atoms with E-state index in [0.717, 1.165) is 17.1 Å². The first-order valence-corrected chi connectivity index (χ1v) is 7.89. The SMILES string of the molecule is O=C(c1csnn1)N(Cc1ccccc1)CC(O)c1ccco1. The molecule has 1 aromatic carbocycles. The molecule has 3 rings (SSSR count). The third kappa shape index (κ3) is 3.82. The fourth-order valence-corrected chi connectivity index (χ4v) is 2.65. The number of carbonyl (C=O) groups is 1. The number of aliphatic hydroxyl groups excluding tert-OH is 1. The molecule has 7 heteroatoms. The van der Waals surface area contributed by atoms with Crippen molar-refractivity contribution < 1.29 is 14.3 Å². The fourth-order valence-electron chi connectivity index (χ4n) is 2.22. The van der Waals surface area contributed by atoms with Gasteiger partial charge in [-0.25, -0.2) is 0 Å². The van der Waals surface area contributed by atoms with Crippen LogP contribution in [0, 0.1) is 0 Å². The van der Waals surface area contributed by atoms with Crippen LogP contribution in [0.15, 0.2) is 58.5 Å². The average molecular weight is 329 g/mol. The van der Waals surface area contributed by atoms with Crippen LogP contribution in [-0.2, 0) is 6.54 Å². The van der Waals surface area contributed by atoms with Gasteiger partial charge < -0.3 is 14.4 Å². The van der Waals surface area contributed by atoms with Gasteiger partial charge in [0.1, 0.15) is 11.9 Å². The minimum absolute atomic E-state index is 0.110. The molecule has 0 saturated heterocycles. The summed E-state index contributed by atoms with van der Waals surface area (Å²) >= 11 is 1.12. The Hall–Kier alpha value is -2.51. The summed E-state index contributed by atoms with van der Waals surface area (Å²) in [6.45, 7) is 0.480. The second kappa shape index (κ2) is 7.17. The molecule has 0 fully saturated rings. The number of aliphatic hydroxyl groups is 1. The summed E-state index contributed by atoms with van der Waals surface area (Å²) < 4.78 is 8.93. The highest BCUT2D eigenvalue weighted by Crippen LogP contribution is 2.18. The first-order valence-electron chi connectivity index (χ1n) is 7.06. The smallest absolute Gasteiger partial charge is 0.275 e. The van der Waals surface area contributed by atoms with Gasteiger partial charge in [-0.05, 0) is 29.2 Å². The van der Waals surface area contributed by atoms with Crippen LogP contribution in [0.1, 0.15) is 27.9 Å². The third-order valence-electron chi connectivity index (χ3n) is 3.35. The lowest BCUT2D eigenvalue weighted by Gasteiger charge is -2.24. The molecule has 118 valence electrons. The number of carbonyl (C=O) groups excluding carboxylic acids is 1. The molecule has 0 aliphatic rings. The van der Waals surface area contributed by atoms with Crippen molar-refractivity contribution in [3.8, 4) is 0 Å². The highest BCUT2D eigenvalue weighted by Gasteiger charge is 2.23. The fraction of sp³-hybridized carbons (Fsp3) is 0.188. The maximum Gasteiger partial charge on any atom is 0.275 e. The minimum atomic E-state index is -0.899. The average Bonchev–Trinajstić information content (AvgIpc) is 3.27.